The van der Waals surface area contributed by atoms with Crippen LogP contribution >= 0.6 is 0 Å². The Labute approximate surface area is 160 Å². The van der Waals surface area contributed by atoms with E-state index in [1.54, 1.807) is 0 Å². The monoisotopic (exact) mass is 359 g/mol. The maximum Gasteiger partial charge on any atom is 0.224 e. The summed E-state index contributed by atoms with van der Waals surface area (Å²) >= 11 is 0. The Morgan fingerprint density at radius 2 is 1.33 bits per heavy atom. The average molecular weight is 359 g/mol. The summed E-state index contributed by atoms with van der Waals surface area (Å²) in [6, 6.07) is 26.1. The lowest BCUT2D eigenvalue weighted by atomic mass is 10.1. The van der Waals surface area contributed by atoms with Crippen LogP contribution in [0.15, 0.2) is 78.9 Å². The third-order valence-corrected chi connectivity index (χ3v) is 4.32. The van der Waals surface area contributed by atoms with Crippen LogP contribution in [0.1, 0.15) is 12.0 Å². The van der Waals surface area contributed by atoms with Gasteiger partial charge in [0.15, 0.2) is 0 Å². The molecule has 4 heteroatoms. The molecule has 0 radical (unpaired) electrons. The highest BCUT2D eigenvalue weighted by molar-refractivity contribution is 5.91. The molecule has 0 heterocycles. The van der Waals surface area contributed by atoms with Gasteiger partial charge >= 0.3 is 0 Å². The van der Waals surface area contributed by atoms with Crippen LogP contribution in [0.25, 0.3) is 0 Å². The predicted molar refractivity (Wildman–Crippen MR) is 114 cm³/mol. The van der Waals surface area contributed by atoms with Crippen LogP contribution in [-0.4, -0.2) is 20.0 Å². The van der Waals surface area contributed by atoms with Gasteiger partial charge in [0.25, 0.3) is 0 Å². The van der Waals surface area contributed by atoms with Gasteiger partial charge in [0, 0.05) is 43.3 Å². The Kier molecular flexibility index (Phi) is 6.10. The fourth-order valence-electron chi connectivity index (χ4n) is 2.77. The van der Waals surface area contributed by atoms with Gasteiger partial charge in [-0.1, -0.05) is 30.3 Å². The topological polar surface area (TPSA) is 44.4 Å². The maximum absolute atomic E-state index is 12.1. The summed E-state index contributed by atoms with van der Waals surface area (Å²) in [5, 5.41) is 6.32. The van der Waals surface area contributed by atoms with Crippen molar-refractivity contribution in [2.45, 2.75) is 12.8 Å². The highest BCUT2D eigenvalue weighted by Gasteiger charge is 2.04. The number of hydrogen-bond acceptors (Lipinski definition) is 3. The largest absolute Gasteiger partial charge is 0.378 e. The lowest BCUT2D eigenvalue weighted by Crippen LogP contribution is -2.12. The van der Waals surface area contributed by atoms with E-state index in [-0.39, 0.29) is 5.91 Å². The van der Waals surface area contributed by atoms with Crippen LogP contribution in [0.5, 0.6) is 0 Å². The van der Waals surface area contributed by atoms with Crippen molar-refractivity contribution in [2.24, 2.45) is 0 Å². The first-order valence-corrected chi connectivity index (χ1v) is 9.08. The fraction of sp³-hybridized carbons (Fsp3) is 0.174. The van der Waals surface area contributed by atoms with Crippen molar-refractivity contribution in [3.8, 4) is 0 Å². The minimum absolute atomic E-state index is 0.0267. The molecule has 0 unspecified atom stereocenters. The van der Waals surface area contributed by atoms with E-state index in [2.05, 4.69) is 39.8 Å². The Balaban J connectivity index is 1.51. The molecule has 0 saturated carbocycles. The minimum atomic E-state index is 0.0267. The number of hydrogen-bond donors (Lipinski definition) is 2. The number of carbonyl (C=O) groups is 1. The third-order valence-electron chi connectivity index (χ3n) is 4.32. The first kappa shape index (κ1) is 18.5. The predicted octanol–water partition coefficient (Wildman–Crippen LogP) is 5.07. The first-order chi connectivity index (χ1) is 13.1. The second-order valence-electron chi connectivity index (χ2n) is 6.68. The van der Waals surface area contributed by atoms with E-state index >= 15 is 0 Å². The van der Waals surface area contributed by atoms with Gasteiger partial charge in [0.05, 0.1) is 0 Å². The highest BCUT2D eigenvalue weighted by Crippen LogP contribution is 2.21. The molecule has 0 aliphatic rings. The van der Waals surface area contributed by atoms with Gasteiger partial charge in [-0.2, -0.15) is 0 Å². The molecular formula is C23H25N3O. The van der Waals surface area contributed by atoms with Gasteiger partial charge in [-0.05, 0) is 60.5 Å². The second kappa shape index (κ2) is 8.90. The van der Waals surface area contributed by atoms with E-state index in [0.29, 0.717) is 6.42 Å². The molecule has 0 bridgehead atoms. The van der Waals surface area contributed by atoms with Crippen LogP contribution in [0.3, 0.4) is 0 Å². The van der Waals surface area contributed by atoms with Gasteiger partial charge in [-0.3, -0.25) is 4.79 Å². The zero-order chi connectivity index (χ0) is 19.1. The summed E-state index contributed by atoms with van der Waals surface area (Å²) in [4.78, 5) is 14.2. The summed E-state index contributed by atoms with van der Waals surface area (Å²) in [5.41, 5.74) is 5.15. The number of rotatable bonds is 7. The van der Waals surface area contributed by atoms with E-state index in [1.165, 1.54) is 5.56 Å². The molecule has 3 aromatic carbocycles. The molecule has 0 fully saturated rings. The van der Waals surface area contributed by atoms with Crippen LogP contribution < -0.4 is 15.5 Å². The van der Waals surface area contributed by atoms with Gasteiger partial charge in [0.2, 0.25) is 5.91 Å². The molecular weight excluding hydrogens is 334 g/mol. The number of nitrogens with zero attached hydrogens (tertiary/aromatic N) is 1. The second-order valence-corrected chi connectivity index (χ2v) is 6.68. The first-order valence-electron chi connectivity index (χ1n) is 9.08. The molecule has 3 aromatic rings. The third kappa shape index (κ3) is 5.61. The molecule has 0 aliphatic heterocycles. The number of anilines is 4. The molecule has 0 aliphatic carbocycles. The lowest BCUT2D eigenvalue weighted by molar-refractivity contribution is -0.116. The van der Waals surface area contributed by atoms with Crippen molar-refractivity contribution >= 4 is 28.7 Å². The van der Waals surface area contributed by atoms with E-state index in [0.717, 1.165) is 29.2 Å². The normalized spacial score (nSPS) is 10.3. The lowest BCUT2D eigenvalue weighted by Gasteiger charge is -2.13. The SMILES string of the molecule is CN(C)c1ccc(Nc2ccc(NC(=O)CCc3ccccc3)cc2)cc1. The quantitative estimate of drug-likeness (QED) is 0.619. The molecule has 0 aromatic heterocycles. The van der Waals surface area contributed by atoms with Gasteiger partial charge in [-0.15, -0.1) is 0 Å². The molecule has 4 nitrogen and oxygen atoms in total. The molecule has 3 rings (SSSR count). The summed E-state index contributed by atoms with van der Waals surface area (Å²) in [6.45, 7) is 0. The molecule has 0 spiro atoms. The highest BCUT2D eigenvalue weighted by atomic mass is 16.1. The van der Waals surface area contributed by atoms with Crippen LogP contribution in [0.4, 0.5) is 22.7 Å². The van der Waals surface area contributed by atoms with Crippen molar-refractivity contribution in [2.75, 3.05) is 29.6 Å². The van der Waals surface area contributed by atoms with Crippen molar-refractivity contribution in [3.05, 3.63) is 84.4 Å². The number of benzene rings is 3. The Morgan fingerprint density at radius 1 is 0.778 bits per heavy atom. The number of carbonyl (C=O) groups excluding carboxylic acids is 1. The fourth-order valence-corrected chi connectivity index (χ4v) is 2.77. The van der Waals surface area contributed by atoms with Crippen LogP contribution in [0.2, 0.25) is 0 Å². The maximum atomic E-state index is 12.1. The Morgan fingerprint density at radius 3 is 1.93 bits per heavy atom. The summed E-state index contributed by atoms with van der Waals surface area (Å²) in [7, 11) is 4.05. The Hall–Kier alpha value is -3.27. The summed E-state index contributed by atoms with van der Waals surface area (Å²) in [5.74, 6) is 0.0267. The molecule has 0 saturated heterocycles. The molecule has 1 amide bonds. The van der Waals surface area contributed by atoms with Crippen molar-refractivity contribution in [3.63, 3.8) is 0 Å². The van der Waals surface area contributed by atoms with Gasteiger partial charge < -0.3 is 15.5 Å². The van der Waals surface area contributed by atoms with Gasteiger partial charge in [0.1, 0.15) is 0 Å². The number of amides is 1. The van der Waals surface area contributed by atoms with E-state index in [1.807, 2.05) is 68.7 Å². The molecule has 0 atom stereocenters. The number of nitrogens with one attached hydrogen (secondary N) is 2. The summed E-state index contributed by atoms with van der Waals surface area (Å²) in [6.07, 6.45) is 1.22. The van der Waals surface area contributed by atoms with Crippen molar-refractivity contribution < 1.29 is 4.79 Å². The van der Waals surface area contributed by atoms with Crippen molar-refractivity contribution in [1.82, 2.24) is 0 Å². The van der Waals surface area contributed by atoms with Crippen LogP contribution in [-0.2, 0) is 11.2 Å². The standard InChI is InChI=1S/C23H25N3O/c1-26(2)22-15-13-20(14-16-22)24-19-9-11-21(12-10-19)25-23(27)17-8-18-6-4-3-5-7-18/h3-7,9-16,24H,8,17H2,1-2H3,(H,25,27). The molecule has 2 N–H and O–H groups in total. The molecule has 27 heavy (non-hydrogen) atoms. The van der Waals surface area contributed by atoms with Crippen LogP contribution in [0, 0.1) is 0 Å². The zero-order valence-corrected chi connectivity index (χ0v) is 15.8. The zero-order valence-electron chi connectivity index (χ0n) is 15.8. The number of aryl methyl sites for hydroxylation is 1. The summed E-state index contributed by atoms with van der Waals surface area (Å²) < 4.78 is 0. The molecule has 138 valence electrons. The van der Waals surface area contributed by atoms with E-state index in [4.69, 9.17) is 0 Å². The Bertz CT molecular complexity index is 856. The average Bonchev–Trinajstić information content (AvgIpc) is 2.69. The van der Waals surface area contributed by atoms with Gasteiger partial charge in [-0.25, -0.2) is 0 Å². The van der Waals surface area contributed by atoms with E-state index < -0.39 is 0 Å². The van der Waals surface area contributed by atoms with E-state index in [9.17, 15) is 4.79 Å². The smallest absolute Gasteiger partial charge is 0.224 e. The van der Waals surface area contributed by atoms with Crippen molar-refractivity contribution in [1.29, 1.82) is 0 Å². The minimum Gasteiger partial charge on any atom is -0.378 e.